The van der Waals surface area contributed by atoms with E-state index < -0.39 is 18.0 Å². The summed E-state index contributed by atoms with van der Waals surface area (Å²) >= 11 is 5.79. The number of carbonyl (C=O) groups excluding carboxylic acids is 2. The zero-order valence-corrected chi connectivity index (χ0v) is 13.4. The fourth-order valence-electron chi connectivity index (χ4n) is 2.11. The molecule has 0 fully saturated rings. The molecule has 0 aliphatic rings. The molecule has 0 spiro atoms. The summed E-state index contributed by atoms with van der Waals surface area (Å²) in [5.74, 6) is -1.09. The number of fused-ring (bicyclic) bond motifs is 1. The lowest BCUT2D eigenvalue weighted by molar-refractivity contribution is -0.123. The van der Waals surface area contributed by atoms with Gasteiger partial charge in [-0.2, -0.15) is 0 Å². The molecule has 2 aromatic carbocycles. The maximum atomic E-state index is 12.3. The highest BCUT2D eigenvalue weighted by molar-refractivity contribution is 6.30. The van der Waals surface area contributed by atoms with Crippen LogP contribution in [0, 0.1) is 0 Å². The number of rotatable bonds is 4. The number of para-hydroxylation sites is 1. The van der Waals surface area contributed by atoms with E-state index in [9.17, 15) is 9.59 Å². The van der Waals surface area contributed by atoms with Gasteiger partial charge in [0.2, 0.25) is 0 Å². The van der Waals surface area contributed by atoms with Crippen molar-refractivity contribution in [3.63, 3.8) is 0 Å². The van der Waals surface area contributed by atoms with Crippen LogP contribution < -0.4 is 5.32 Å². The van der Waals surface area contributed by atoms with E-state index in [1.165, 1.54) is 13.3 Å². The zero-order chi connectivity index (χ0) is 17.1. The van der Waals surface area contributed by atoms with E-state index in [-0.39, 0.29) is 5.56 Å². The van der Waals surface area contributed by atoms with Crippen molar-refractivity contribution in [1.82, 2.24) is 4.98 Å². The van der Waals surface area contributed by atoms with Crippen LogP contribution in [-0.2, 0) is 9.53 Å². The first kappa shape index (κ1) is 16.0. The molecule has 7 heteroatoms. The first-order valence-electron chi connectivity index (χ1n) is 7.14. The smallest absolute Gasteiger partial charge is 0.341 e. The summed E-state index contributed by atoms with van der Waals surface area (Å²) in [6, 6.07) is 11.5. The lowest BCUT2D eigenvalue weighted by Crippen LogP contribution is -2.30. The number of anilines is 1. The molecule has 3 aromatic rings. The predicted octanol–water partition coefficient (Wildman–Crippen LogP) is 3.67. The number of benzene rings is 2. The minimum atomic E-state index is -0.977. The van der Waals surface area contributed by atoms with Gasteiger partial charge in [0.1, 0.15) is 5.52 Å². The van der Waals surface area contributed by atoms with E-state index >= 15 is 0 Å². The molecule has 6 nitrogen and oxygen atoms in total. The van der Waals surface area contributed by atoms with Crippen LogP contribution in [0.2, 0.25) is 5.02 Å². The van der Waals surface area contributed by atoms with Crippen LogP contribution in [0.5, 0.6) is 0 Å². The normalized spacial score (nSPS) is 11.9. The number of ether oxygens (including phenoxy) is 1. The number of aromatic nitrogens is 1. The van der Waals surface area contributed by atoms with Gasteiger partial charge in [-0.1, -0.05) is 17.7 Å². The first-order valence-corrected chi connectivity index (χ1v) is 7.52. The lowest BCUT2D eigenvalue weighted by atomic mass is 10.2. The van der Waals surface area contributed by atoms with Gasteiger partial charge in [-0.25, -0.2) is 9.78 Å². The molecule has 0 aliphatic heterocycles. The first-order chi connectivity index (χ1) is 11.5. The van der Waals surface area contributed by atoms with Crippen molar-refractivity contribution in [2.75, 3.05) is 5.32 Å². The molecule has 24 heavy (non-hydrogen) atoms. The Bertz CT molecular complexity index is 889. The minimum Gasteiger partial charge on any atom is -0.449 e. The molecule has 1 atom stereocenters. The number of nitrogens with zero attached hydrogens (tertiary/aromatic N) is 1. The molecule has 0 saturated heterocycles. The van der Waals surface area contributed by atoms with Crippen LogP contribution in [0.4, 0.5) is 5.69 Å². The second-order valence-corrected chi connectivity index (χ2v) is 5.48. The molecule has 3 rings (SSSR count). The summed E-state index contributed by atoms with van der Waals surface area (Å²) in [5, 5.41) is 3.21. The number of esters is 1. The number of hydrogen-bond acceptors (Lipinski definition) is 5. The van der Waals surface area contributed by atoms with Crippen LogP contribution >= 0.6 is 11.6 Å². The Kier molecular flexibility index (Phi) is 4.48. The predicted molar refractivity (Wildman–Crippen MR) is 89.0 cm³/mol. The third-order valence-corrected chi connectivity index (χ3v) is 3.60. The van der Waals surface area contributed by atoms with Crippen molar-refractivity contribution in [1.29, 1.82) is 0 Å². The Balaban J connectivity index is 1.68. The van der Waals surface area contributed by atoms with Gasteiger partial charge in [0.05, 0.1) is 5.56 Å². The molecule has 0 radical (unpaired) electrons. The van der Waals surface area contributed by atoms with Crippen molar-refractivity contribution in [2.24, 2.45) is 0 Å². The highest BCUT2D eigenvalue weighted by atomic mass is 35.5. The average molecular weight is 345 g/mol. The summed E-state index contributed by atoms with van der Waals surface area (Å²) in [6.07, 6.45) is 0.272. The van der Waals surface area contributed by atoms with Crippen LogP contribution in [0.25, 0.3) is 11.1 Å². The van der Waals surface area contributed by atoms with Crippen molar-refractivity contribution in [3.8, 4) is 0 Å². The Hall–Kier alpha value is -2.86. The molecule has 1 aromatic heterocycles. The highest BCUT2D eigenvalue weighted by Crippen LogP contribution is 2.19. The zero-order valence-electron chi connectivity index (χ0n) is 12.7. The molecular formula is C17H13ClN2O4. The number of halogens is 1. The van der Waals surface area contributed by atoms with Gasteiger partial charge in [-0.15, -0.1) is 0 Å². The third kappa shape index (κ3) is 3.38. The monoisotopic (exact) mass is 344 g/mol. The summed E-state index contributed by atoms with van der Waals surface area (Å²) in [6.45, 7) is 1.49. The van der Waals surface area contributed by atoms with Crippen molar-refractivity contribution in [2.45, 2.75) is 13.0 Å². The van der Waals surface area contributed by atoms with E-state index in [1.807, 2.05) is 0 Å². The van der Waals surface area contributed by atoms with Crippen LogP contribution in [-0.4, -0.2) is 23.0 Å². The number of carbonyl (C=O) groups is 2. The molecule has 1 amide bonds. The lowest BCUT2D eigenvalue weighted by Gasteiger charge is -2.13. The van der Waals surface area contributed by atoms with Crippen molar-refractivity contribution in [3.05, 3.63) is 59.4 Å². The molecule has 1 unspecified atom stereocenters. The van der Waals surface area contributed by atoms with E-state index in [0.717, 1.165) is 0 Å². The van der Waals surface area contributed by atoms with Gasteiger partial charge in [0, 0.05) is 10.7 Å². The summed E-state index contributed by atoms with van der Waals surface area (Å²) < 4.78 is 10.4. The third-order valence-electron chi connectivity index (χ3n) is 3.35. The number of hydrogen-bond donors (Lipinski definition) is 1. The quantitative estimate of drug-likeness (QED) is 0.730. The number of oxazole rings is 1. The second-order valence-electron chi connectivity index (χ2n) is 5.05. The van der Waals surface area contributed by atoms with Crippen LogP contribution in [0.15, 0.2) is 53.3 Å². The second kappa shape index (κ2) is 6.72. The molecule has 122 valence electrons. The van der Waals surface area contributed by atoms with Gasteiger partial charge in [-0.3, -0.25) is 4.79 Å². The van der Waals surface area contributed by atoms with E-state index in [4.69, 9.17) is 20.8 Å². The fraction of sp³-hybridized carbons (Fsp3) is 0.118. The number of nitrogens with one attached hydrogen (secondary N) is 1. The summed E-state index contributed by atoms with van der Waals surface area (Å²) in [7, 11) is 0. The molecule has 0 aliphatic carbocycles. The van der Waals surface area contributed by atoms with E-state index in [2.05, 4.69) is 10.3 Å². The molecular weight excluding hydrogens is 332 g/mol. The topological polar surface area (TPSA) is 81.4 Å². The molecule has 0 bridgehead atoms. The Labute approximate surface area is 142 Å². The average Bonchev–Trinajstić information content (AvgIpc) is 3.05. The van der Waals surface area contributed by atoms with E-state index in [1.54, 1.807) is 42.5 Å². The Morgan fingerprint density at radius 3 is 2.71 bits per heavy atom. The largest absolute Gasteiger partial charge is 0.449 e. The Morgan fingerprint density at radius 1 is 1.21 bits per heavy atom. The highest BCUT2D eigenvalue weighted by Gasteiger charge is 2.21. The van der Waals surface area contributed by atoms with Crippen LogP contribution in [0.1, 0.15) is 17.3 Å². The van der Waals surface area contributed by atoms with Crippen LogP contribution in [0.3, 0.4) is 0 Å². The maximum absolute atomic E-state index is 12.3. The van der Waals surface area contributed by atoms with Crippen molar-refractivity contribution < 1.29 is 18.7 Å². The van der Waals surface area contributed by atoms with Crippen molar-refractivity contribution >= 4 is 40.3 Å². The fourth-order valence-corrected chi connectivity index (χ4v) is 2.23. The summed E-state index contributed by atoms with van der Waals surface area (Å²) in [4.78, 5) is 28.4. The summed E-state index contributed by atoms with van der Waals surface area (Å²) in [5.41, 5.74) is 1.67. The van der Waals surface area contributed by atoms with Gasteiger partial charge in [0.15, 0.2) is 18.1 Å². The van der Waals surface area contributed by atoms with Gasteiger partial charge in [0.25, 0.3) is 5.91 Å². The number of amides is 1. The Morgan fingerprint density at radius 2 is 1.96 bits per heavy atom. The van der Waals surface area contributed by atoms with E-state index in [0.29, 0.717) is 21.8 Å². The van der Waals surface area contributed by atoms with Gasteiger partial charge >= 0.3 is 5.97 Å². The molecule has 0 saturated carbocycles. The maximum Gasteiger partial charge on any atom is 0.341 e. The van der Waals surface area contributed by atoms with Gasteiger partial charge < -0.3 is 14.5 Å². The standard InChI is InChI=1S/C17H13ClN2O4/c1-10(16(21)20-12-7-5-11(18)6-8-12)24-17(22)13-3-2-4-14-15(13)19-9-23-14/h2-10H,1H3,(H,20,21). The van der Waals surface area contributed by atoms with Gasteiger partial charge in [-0.05, 0) is 43.3 Å². The SMILES string of the molecule is CC(OC(=O)c1cccc2ocnc12)C(=O)Nc1ccc(Cl)cc1. The molecule has 1 heterocycles. The molecule has 1 N–H and O–H groups in total. The minimum absolute atomic E-state index is 0.243.